The first-order chi connectivity index (χ1) is 15.7. The van der Waals surface area contributed by atoms with Crippen molar-refractivity contribution in [3.8, 4) is 0 Å². The number of carbonyl (C=O) groups is 1. The molecule has 2 aromatic carbocycles. The molecule has 1 aromatic heterocycles. The van der Waals surface area contributed by atoms with Crippen molar-refractivity contribution in [2.75, 3.05) is 36.8 Å². The van der Waals surface area contributed by atoms with E-state index in [1.54, 1.807) is 4.90 Å². The van der Waals surface area contributed by atoms with E-state index in [4.69, 9.17) is 0 Å². The SMILES string of the molecule is Cn1c(=O)c(=O)n(C)c2cc(S(=O)(=O)CCC(=O)N3CCN(c4ccccc4)CC3)ccc21. The Morgan fingerprint density at radius 1 is 0.848 bits per heavy atom. The maximum Gasteiger partial charge on any atom is 0.316 e. The lowest BCUT2D eigenvalue weighted by Gasteiger charge is -2.36. The van der Waals surface area contributed by atoms with Crippen LogP contribution < -0.4 is 16.0 Å². The second kappa shape index (κ2) is 8.86. The van der Waals surface area contributed by atoms with E-state index in [1.807, 2.05) is 30.3 Å². The Bertz CT molecular complexity index is 1420. The summed E-state index contributed by atoms with van der Waals surface area (Å²) in [5.74, 6) is -0.516. The van der Waals surface area contributed by atoms with E-state index in [-0.39, 0.29) is 23.0 Å². The molecule has 0 bridgehead atoms. The van der Waals surface area contributed by atoms with Gasteiger partial charge in [-0.25, -0.2) is 8.42 Å². The van der Waals surface area contributed by atoms with E-state index in [1.165, 1.54) is 36.9 Å². The highest BCUT2D eigenvalue weighted by Crippen LogP contribution is 2.20. The number of anilines is 1. The van der Waals surface area contributed by atoms with Gasteiger partial charge in [-0.05, 0) is 30.3 Å². The van der Waals surface area contributed by atoms with Gasteiger partial charge in [-0.15, -0.1) is 0 Å². The average molecular weight is 471 g/mol. The second-order valence-electron chi connectivity index (χ2n) is 8.15. The molecule has 0 radical (unpaired) electrons. The number of hydrogen-bond donors (Lipinski definition) is 0. The van der Waals surface area contributed by atoms with E-state index in [0.29, 0.717) is 37.2 Å². The van der Waals surface area contributed by atoms with Gasteiger partial charge in [0.1, 0.15) is 0 Å². The molecule has 4 rings (SSSR count). The summed E-state index contributed by atoms with van der Waals surface area (Å²) in [6.07, 6.45) is -0.113. The lowest BCUT2D eigenvalue weighted by molar-refractivity contribution is -0.131. The highest BCUT2D eigenvalue weighted by Gasteiger charge is 2.24. The molecule has 33 heavy (non-hydrogen) atoms. The highest BCUT2D eigenvalue weighted by atomic mass is 32.2. The Balaban J connectivity index is 1.44. The summed E-state index contributed by atoms with van der Waals surface area (Å²) in [6, 6.07) is 14.3. The molecule has 0 spiro atoms. The van der Waals surface area contributed by atoms with Crippen LogP contribution in [0.5, 0.6) is 0 Å². The van der Waals surface area contributed by atoms with Crippen molar-refractivity contribution < 1.29 is 13.2 Å². The predicted molar refractivity (Wildman–Crippen MR) is 126 cm³/mol. The van der Waals surface area contributed by atoms with Crippen LogP contribution in [-0.2, 0) is 28.7 Å². The zero-order valence-corrected chi connectivity index (χ0v) is 19.4. The molecule has 0 unspecified atom stereocenters. The van der Waals surface area contributed by atoms with Gasteiger partial charge in [-0.3, -0.25) is 14.4 Å². The predicted octanol–water partition coefficient (Wildman–Crippen LogP) is 0.750. The lowest BCUT2D eigenvalue weighted by atomic mass is 10.2. The molecule has 0 N–H and O–H groups in total. The number of amides is 1. The summed E-state index contributed by atoms with van der Waals surface area (Å²) in [5, 5.41) is 0. The monoisotopic (exact) mass is 470 g/mol. The van der Waals surface area contributed by atoms with Crippen LogP contribution in [0.2, 0.25) is 0 Å². The summed E-state index contributed by atoms with van der Waals surface area (Å²) >= 11 is 0. The molecular weight excluding hydrogens is 444 g/mol. The van der Waals surface area contributed by atoms with Crippen molar-refractivity contribution >= 4 is 32.5 Å². The lowest BCUT2D eigenvalue weighted by Crippen LogP contribution is -2.49. The fourth-order valence-corrected chi connectivity index (χ4v) is 5.35. The van der Waals surface area contributed by atoms with Gasteiger partial charge in [-0.2, -0.15) is 0 Å². The summed E-state index contributed by atoms with van der Waals surface area (Å²) in [5.41, 5.74) is 0.485. The van der Waals surface area contributed by atoms with Crippen molar-refractivity contribution in [3.05, 3.63) is 69.2 Å². The minimum Gasteiger partial charge on any atom is -0.368 e. The number of sulfone groups is 1. The summed E-state index contributed by atoms with van der Waals surface area (Å²) in [7, 11) is -0.852. The molecule has 174 valence electrons. The minimum absolute atomic E-state index is 0.0188. The van der Waals surface area contributed by atoms with Gasteiger partial charge >= 0.3 is 11.1 Å². The minimum atomic E-state index is -3.75. The quantitative estimate of drug-likeness (QED) is 0.510. The molecular formula is C23H26N4O5S. The van der Waals surface area contributed by atoms with Crippen LogP contribution in [0.1, 0.15) is 6.42 Å². The first kappa shape index (κ1) is 22.8. The van der Waals surface area contributed by atoms with Crippen molar-refractivity contribution in [1.29, 1.82) is 0 Å². The number of aryl methyl sites for hydroxylation is 2. The standard InChI is InChI=1S/C23H26N4O5S/c1-24-19-9-8-18(16-20(19)25(2)23(30)22(24)29)33(31,32)15-10-21(28)27-13-11-26(12-14-27)17-6-4-3-5-7-17/h3-9,16H,10-15H2,1-2H3. The number of carbonyl (C=O) groups excluding carboxylic acids is 1. The zero-order valence-electron chi connectivity index (χ0n) is 18.6. The number of rotatable bonds is 5. The molecule has 10 heteroatoms. The molecule has 0 atom stereocenters. The number of para-hydroxylation sites is 1. The summed E-state index contributed by atoms with van der Waals surface area (Å²) in [6.45, 7) is 2.47. The number of piperazine rings is 1. The number of fused-ring (bicyclic) bond motifs is 1. The molecule has 0 aliphatic carbocycles. The van der Waals surface area contributed by atoms with Crippen LogP contribution in [-0.4, -0.2) is 60.3 Å². The van der Waals surface area contributed by atoms with E-state index < -0.39 is 21.0 Å². The third-order valence-electron chi connectivity index (χ3n) is 6.16. The van der Waals surface area contributed by atoms with E-state index in [2.05, 4.69) is 4.90 Å². The molecule has 1 fully saturated rings. The third-order valence-corrected chi connectivity index (χ3v) is 7.87. The number of benzene rings is 2. The fourth-order valence-electron chi connectivity index (χ4n) is 4.11. The fraction of sp³-hybridized carbons (Fsp3) is 0.348. The topological polar surface area (TPSA) is 102 Å². The van der Waals surface area contributed by atoms with Crippen molar-refractivity contribution in [2.45, 2.75) is 11.3 Å². The third kappa shape index (κ3) is 4.43. The van der Waals surface area contributed by atoms with Crippen LogP contribution in [0.25, 0.3) is 11.0 Å². The van der Waals surface area contributed by atoms with Crippen LogP contribution in [0.3, 0.4) is 0 Å². The normalized spacial score (nSPS) is 14.6. The molecule has 3 aromatic rings. The first-order valence-corrected chi connectivity index (χ1v) is 12.3. The Labute approximate surface area is 191 Å². The Morgan fingerprint density at radius 2 is 1.45 bits per heavy atom. The summed E-state index contributed by atoms with van der Waals surface area (Å²) < 4.78 is 28.2. The maximum atomic E-state index is 12.9. The van der Waals surface area contributed by atoms with E-state index in [9.17, 15) is 22.8 Å². The number of aromatic nitrogens is 2. The number of nitrogens with zero attached hydrogens (tertiary/aromatic N) is 4. The smallest absolute Gasteiger partial charge is 0.316 e. The molecule has 1 aliphatic heterocycles. The first-order valence-electron chi connectivity index (χ1n) is 10.7. The van der Waals surface area contributed by atoms with Gasteiger partial charge < -0.3 is 18.9 Å². The van der Waals surface area contributed by atoms with Crippen LogP contribution in [0.15, 0.2) is 63.0 Å². The van der Waals surface area contributed by atoms with Gasteiger partial charge in [0.25, 0.3) is 0 Å². The van der Waals surface area contributed by atoms with E-state index >= 15 is 0 Å². The largest absolute Gasteiger partial charge is 0.368 e. The van der Waals surface area contributed by atoms with Crippen LogP contribution in [0, 0.1) is 0 Å². The molecule has 1 saturated heterocycles. The summed E-state index contributed by atoms with van der Waals surface area (Å²) in [4.78, 5) is 40.7. The Morgan fingerprint density at radius 3 is 2.09 bits per heavy atom. The highest BCUT2D eigenvalue weighted by molar-refractivity contribution is 7.91. The zero-order chi connectivity index (χ0) is 23.8. The van der Waals surface area contributed by atoms with Gasteiger partial charge in [0.2, 0.25) is 5.91 Å². The van der Waals surface area contributed by atoms with Gasteiger partial charge in [-0.1, -0.05) is 18.2 Å². The maximum absolute atomic E-state index is 12.9. The van der Waals surface area contributed by atoms with Crippen molar-refractivity contribution in [3.63, 3.8) is 0 Å². The van der Waals surface area contributed by atoms with E-state index in [0.717, 1.165) is 10.3 Å². The Hall–Kier alpha value is -3.40. The van der Waals surface area contributed by atoms with Gasteiger partial charge in [0, 0.05) is 52.4 Å². The van der Waals surface area contributed by atoms with Crippen molar-refractivity contribution in [2.24, 2.45) is 14.1 Å². The second-order valence-corrected chi connectivity index (χ2v) is 10.3. The molecule has 2 heterocycles. The molecule has 9 nitrogen and oxygen atoms in total. The van der Waals surface area contributed by atoms with Crippen LogP contribution in [0.4, 0.5) is 5.69 Å². The van der Waals surface area contributed by atoms with Gasteiger partial charge in [0.15, 0.2) is 9.84 Å². The number of hydrogen-bond acceptors (Lipinski definition) is 6. The average Bonchev–Trinajstić information content (AvgIpc) is 2.85. The van der Waals surface area contributed by atoms with Gasteiger partial charge in [0.05, 0.1) is 21.7 Å². The Kier molecular flexibility index (Phi) is 6.11. The van der Waals surface area contributed by atoms with Crippen molar-refractivity contribution in [1.82, 2.24) is 14.0 Å². The molecule has 1 aliphatic rings. The molecule has 1 amide bonds. The van der Waals surface area contributed by atoms with Crippen LogP contribution >= 0.6 is 0 Å². The molecule has 0 saturated carbocycles.